The fourth-order valence-electron chi connectivity index (χ4n) is 5.02. The van der Waals surface area contributed by atoms with Gasteiger partial charge in [-0.25, -0.2) is 0 Å². The lowest BCUT2D eigenvalue weighted by Crippen LogP contribution is -2.35. The second kappa shape index (κ2) is 7.70. The van der Waals surface area contributed by atoms with Gasteiger partial charge in [-0.1, -0.05) is 42.0 Å². The molecule has 0 atom stereocenters. The van der Waals surface area contributed by atoms with Crippen molar-refractivity contribution in [1.82, 2.24) is 14.8 Å². The summed E-state index contributed by atoms with van der Waals surface area (Å²) < 4.78 is 0. The summed E-state index contributed by atoms with van der Waals surface area (Å²) in [7, 11) is 0. The number of imide groups is 1. The number of hydrogen-bond donors (Lipinski definition) is 1. The van der Waals surface area contributed by atoms with Crippen molar-refractivity contribution in [1.29, 1.82) is 0 Å². The van der Waals surface area contributed by atoms with Crippen LogP contribution < -0.4 is 0 Å². The van der Waals surface area contributed by atoms with E-state index in [-0.39, 0.29) is 24.3 Å². The minimum absolute atomic E-state index is 0.128. The number of hydrogen-bond acceptors (Lipinski definition) is 3. The molecule has 0 unspecified atom stereocenters. The van der Waals surface area contributed by atoms with E-state index in [2.05, 4.69) is 30.1 Å². The van der Waals surface area contributed by atoms with E-state index in [0.29, 0.717) is 29.8 Å². The van der Waals surface area contributed by atoms with Crippen LogP contribution in [0.4, 0.5) is 0 Å². The van der Waals surface area contributed by atoms with Crippen molar-refractivity contribution in [2.75, 3.05) is 6.54 Å². The number of benzene rings is 3. The zero-order valence-electron chi connectivity index (χ0n) is 18.8. The maximum absolute atomic E-state index is 13.4. The fraction of sp³-hybridized carbons (Fsp3) is 0.179. The lowest BCUT2D eigenvalue weighted by molar-refractivity contribution is 0.0642. The van der Waals surface area contributed by atoms with Gasteiger partial charge in [0, 0.05) is 47.2 Å². The molecule has 0 radical (unpaired) electrons. The Kier molecular flexibility index (Phi) is 4.62. The van der Waals surface area contributed by atoms with Crippen molar-refractivity contribution in [3.05, 3.63) is 106 Å². The Morgan fingerprint density at radius 3 is 2.56 bits per heavy atom. The maximum Gasteiger partial charge on any atom is 0.261 e. The molecule has 3 heterocycles. The number of nitrogens with one attached hydrogen (secondary N) is 1. The molecular formula is C28H23N3O3. The monoisotopic (exact) mass is 449 g/mol. The van der Waals surface area contributed by atoms with E-state index in [9.17, 15) is 14.4 Å². The van der Waals surface area contributed by atoms with Gasteiger partial charge in [0.1, 0.15) is 0 Å². The van der Waals surface area contributed by atoms with Crippen LogP contribution in [0, 0.1) is 6.92 Å². The van der Waals surface area contributed by atoms with Crippen molar-refractivity contribution in [3.8, 4) is 0 Å². The highest BCUT2D eigenvalue weighted by atomic mass is 16.2. The number of aromatic amines is 1. The molecule has 4 aromatic rings. The summed E-state index contributed by atoms with van der Waals surface area (Å²) in [5, 5.41) is 1.15. The van der Waals surface area contributed by atoms with E-state index in [4.69, 9.17) is 0 Å². The molecule has 0 saturated heterocycles. The molecule has 0 aliphatic carbocycles. The van der Waals surface area contributed by atoms with E-state index in [1.54, 1.807) is 18.2 Å². The average Bonchev–Trinajstić information content (AvgIpc) is 3.33. The van der Waals surface area contributed by atoms with Crippen molar-refractivity contribution >= 4 is 28.6 Å². The molecule has 3 amide bonds. The fourth-order valence-corrected chi connectivity index (χ4v) is 5.02. The van der Waals surface area contributed by atoms with E-state index in [1.165, 1.54) is 16.2 Å². The quantitative estimate of drug-likeness (QED) is 0.469. The van der Waals surface area contributed by atoms with Crippen molar-refractivity contribution in [3.63, 3.8) is 0 Å². The lowest BCUT2D eigenvalue weighted by atomic mass is 10.0. The van der Waals surface area contributed by atoms with Crippen LogP contribution in [-0.4, -0.2) is 39.1 Å². The van der Waals surface area contributed by atoms with Gasteiger partial charge in [-0.15, -0.1) is 0 Å². The summed E-state index contributed by atoms with van der Waals surface area (Å²) in [4.78, 5) is 45.9. The number of rotatable bonds is 3. The van der Waals surface area contributed by atoms with Crippen molar-refractivity contribution in [2.24, 2.45) is 0 Å². The zero-order valence-corrected chi connectivity index (χ0v) is 18.8. The van der Waals surface area contributed by atoms with Gasteiger partial charge in [0.15, 0.2) is 0 Å². The zero-order chi connectivity index (χ0) is 23.4. The molecule has 34 heavy (non-hydrogen) atoms. The number of carbonyl (C=O) groups is 3. The highest BCUT2D eigenvalue weighted by Crippen LogP contribution is 2.30. The molecule has 0 saturated carbocycles. The van der Waals surface area contributed by atoms with Crippen LogP contribution in [0.2, 0.25) is 0 Å². The molecule has 2 aliphatic rings. The Bertz CT molecular complexity index is 1490. The van der Waals surface area contributed by atoms with Gasteiger partial charge in [-0.2, -0.15) is 0 Å². The van der Waals surface area contributed by atoms with E-state index < -0.39 is 0 Å². The molecule has 1 N–H and O–H groups in total. The molecule has 6 nitrogen and oxygen atoms in total. The van der Waals surface area contributed by atoms with Gasteiger partial charge in [-0.3, -0.25) is 19.3 Å². The van der Waals surface area contributed by atoms with Gasteiger partial charge in [0.05, 0.1) is 17.7 Å². The van der Waals surface area contributed by atoms with E-state index in [1.807, 2.05) is 35.2 Å². The number of amides is 3. The van der Waals surface area contributed by atoms with Gasteiger partial charge >= 0.3 is 0 Å². The van der Waals surface area contributed by atoms with Crippen LogP contribution in [0.15, 0.2) is 66.7 Å². The van der Waals surface area contributed by atoms with E-state index in [0.717, 1.165) is 28.5 Å². The summed E-state index contributed by atoms with van der Waals surface area (Å²) in [6.07, 6.45) is 0.752. The normalized spacial score (nSPS) is 15.1. The van der Waals surface area contributed by atoms with E-state index >= 15 is 0 Å². The Hall–Kier alpha value is -4.19. The van der Waals surface area contributed by atoms with Gasteiger partial charge in [0.2, 0.25) is 0 Å². The molecule has 168 valence electrons. The van der Waals surface area contributed by atoms with Crippen molar-refractivity contribution in [2.45, 2.75) is 26.4 Å². The predicted molar refractivity (Wildman–Crippen MR) is 129 cm³/mol. The lowest BCUT2D eigenvalue weighted by Gasteiger charge is -2.27. The molecular weight excluding hydrogens is 426 g/mol. The standard InChI is InChI=1S/C28H23N3O3/c1-17-7-10-24-21(13-17)23-16-30(12-11-25(23)29-24)26(32)19-8-9-20-22(14-19)28(34)31(27(20)33)15-18-5-3-2-4-6-18/h2-10,13-14,29H,11-12,15-16H2,1H3. The molecule has 3 aromatic carbocycles. The number of aromatic nitrogens is 1. The molecule has 6 rings (SSSR count). The molecule has 0 bridgehead atoms. The SMILES string of the molecule is Cc1ccc2[nH]c3c(c2c1)CN(C(=O)c1ccc2c(c1)C(=O)N(Cc1ccccc1)C2=O)CC3. The largest absolute Gasteiger partial charge is 0.358 e. The minimum atomic E-state index is -0.355. The predicted octanol–water partition coefficient (Wildman–Crippen LogP) is 4.47. The van der Waals surface area contributed by atoms with Gasteiger partial charge < -0.3 is 9.88 Å². The van der Waals surface area contributed by atoms with Crippen LogP contribution >= 0.6 is 0 Å². The van der Waals surface area contributed by atoms with Crippen LogP contribution in [0.3, 0.4) is 0 Å². The van der Waals surface area contributed by atoms with Gasteiger partial charge in [0.25, 0.3) is 17.7 Å². The number of carbonyl (C=O) groups excluding carboxylic acids is 3. The van der Waals surface area contributed by atoms with Crippen LogP contribution in [0.5, 0.6) is 0 Å². The first kappa shape index (κ1) is 20.4. The topological polar surface area (TPSA) is 73.5 Å². The van der Waals surface area contributed by atoms with Crippen molar-refractivity contribution < 1.29 is 14.4 Å². The molecule has 2 aliphatic heterocycles. The van der Waals surface area contributed by atoms with Gasteiger partial charge in [-0.05, 0) is 42.8 Å². The third kappa shape index (κ3) is 3.22. The maximum atomic E-state index is 13.4. The molecule has 6 heteroatoms. The highest BCUT2D eigenvalue weighted by Gasteiger charge is 2.36. The first-order chi connectivity index (χ1) is 16.5. The molecule has 0 fully saturated rings. The summed E-state index contributed by atoms with van der Waals surface area (Å²) in [6.45, 7) is 3.39. The third-order valence-electron chi connectivity index (χ3n) is 6.82. The second-order valence-corrected chi connectivity index (χ2v) is 9.05. The smallest absolute Gasteiger partial charge is 0.261 e. The number of H-pyrrole nitrogens is 1. The molecule has 0 spiro atoms. The first-order valence-electron chi connectivity index (χ1n) is 11.4. The molecule has 1 aromatic heterocycles. The Morgan fingerprint density at radius 2 is 1.74 bits per heavy atom. The Morgan fingerprint density at radius 1 is 0.941 bits per heavy atom. The summed E-state index contributed by atoms with van der Waals surface area (Å²) >= 11 is 0. The summed E-state index contributed by atoms with van der Waals surface area (Å²) in [6, 6.07) is 20.6. The first-order valence-corrected chi connectivity index (χ1v) is 11.4. The van der Waals surface area contributed by atoms with Crippen LogP contribution in [-0.2, 0) is 19.5 Å². The second-order valence-electron chi connectivity index (χ2n) is 9.05. The summed E-state index contributed by atoms with van der Waals surface area (Å²) in [5.74, 6) is -0.802. The Balaban J connectivity index is 1.27. The van der Waals surface area contributed by atoms with Crippen LogP contribution in [0.1, 0.15) is 53.5 Å². The highest BCUT2D eigenvalue weighted by molar-refractivity contribution is 6.22. The Labute approximate surface area is 196 Å². The number of aryl methyl sites for hydroxylation is 1. The minimum Gasteiger partial charge on any atom is -0.358 e. The third-order valence-corrected chi connectivity index (χ3v) is 6.82. The van der Waals surface area contributed by atoms with Crippen LogP contribution in [0.25, 0.3) is 10.9 Å². The number of nitrogens with zero attached hydrogens (tertiary/aromatic N) is 2. The number of fused-ring (bicyclic) bond motifs is 4. The summed E-state index contributed by atoms with van der Waals surface area (Å²) in [5.41, 5.74) is 6.56. The average molecular weight is 450 g/mol.